The highest BCUT2D eigenvalue weighted by molar-refractivity contribution is 5.24. The maximum absolute atomic E-state index is 11.8. The molecule has 0 amide bonds. The Hall–Kier alpha value is -1.97. The third-order valence-corrected chi connectivity index (χ3v) is 2.88. The molecule has 2 rings (SSSR count). The van der Waals surface area contributed by atoms with Gasteiger partial charge in [0.25, 0.3) is 5.56 Å². The van der Waals surface area contributed by atoms with E-state index in [4.69, 9.17) is 0 Å². The molecular weight excluding hydrogens is 226 g/mol. The van der Waals surface area contributed by atoms with Crippen molar-refractivity contribution in [3.63, 3.8) is 0 Å². The number of aromatic nitrogens is 3. The highest BCUT2D eigenvalue weighted by atomic mass is 16.1. The molecule has 0 atom stereocenters. The molecule has 0 bridgehead atoms. The molecule has 0 spiro atoms. The van der Waals surface area contributed by atoms with Gasteiger partial charge in [0.15, 0.2) is 0 Å². The molecule has 0 fully saturated rings. The molecule has 1 N–H and O–H groups in total. The van der Waals surface area contributed by atoms with E-state index < -0.39 is 0 Å². The number of hydrogen-bond donors (Lipinski definition) is 1. The zero-order chi connectivity index (χ0) is 13.0. The van der Waals surface area contributed by atoms with Crippen LogP contribution in [0, 0.1) is 6.92 Å². The van der Waals surface area contributed by atoms with Gasteiger partial charge in [0.2, 0.25) is 0 Å². The quantitative estimate of drug-likeness (QED) is 0.893. The van der Waals surface area contributed by atoms with Gasteiger partial charge < -0.3 is 4.98 Å². The third kappa shape index (κ3) is 2.83. The highest BCUT2D eigenvalue weighted by Crippen LogP contribution is 2.08. The summed E-state index contributed by atoms with van der Waals surface area (Å²) in [5.41, 5.74) is 2.57. The summed E-state index contributed by atoms with van der Waals surface area (Å²) in [5.74, 6) is 0.770. The summed E-state index contributed by atoms with van der Waals surface area (Å²) >= 11 is 0. The van der Waals surface area contributed by atoms with E-state index >= 15 is 0 Å². The topological polar surface area (TPSA) is 58.6 Å². The number of nitrogens with one attached hydrogen (secondary N) is 1. The predicted octanol–water partition coefficient (Wildman–Crippen LogP) is 2.02. The largest absolute Gasteiger partial charge is 0.310 e. The number of rotatable bonds is 4. The Morgan fingerprint density at radius 1 is 1.39 bits per heavy atom. The minimum Gasteiger partial charge on any atom is -0.310 e. The maximum Gasteiger partial charge on any atom is 0.254 e. The van der Waals surface area contributed by atoms with Crippen molar-refractivity contribution in [1.82, 2.24) is 15.0 Å². The molecule has 0 aliphatic carbocycles. The van der Waals surface area contributed by atoms with E-state index in [1.54, 1.807) is 6.20 Å². The number of H-pyrrole nitrogens is 1. The van der Waals surface area contributed by atoms with Crippen LogP contribution in [0.5, 0.6) is 0 Å². The zero-order valence-electron chi connectivity index (χ0n) is 10.7. The van der Waals surface area contributed by atoms with E-state index in [-0.39, 0.29) is 5.56 Å². The van der Waals surface area contributed by atoms with Crippen LogP contribution in [0.1, 0.15) is 36.0 Å². The molecule has 4 nitrogen and oxygen atoms in total. The first kappa shape index (κ1) is 12.5. The van der Waals surface area contributed by atoms with Crippen LogP contribution in [0.15, 0.2) is 29.3 Å². The molecule has 4 heteroatoms. The summed E-state index contributed by atoms with van der Waals surface area (Å²) in [4.78, 5) is 23.2. The van der Waals surface area contributed by atoms with Crippen LogP contribution in [0.3, 0.4) is 0 Å². The monoisotopic (exact) mass is 243 g/mol. The number of nitrogens with zero attached hydrogens (tertiary/aromatic N) is 2. The van der Waals surface area contributed by atoms with E-state index in [1.807, 2.05) is 25.3 Å². The van der Waals surface area contributed by atoms with E-state index in [9.17, 15) is 4.79 Å². The lowest BCUT2D eigenvalue weighted by atomic mass is 10.1. The van der Waals surface area contributed by atoms with Gasteiger partial charge in [0, 0.05) is 30.8 Å². The fraction of sp³-hybridized carbons (Fsp3) is 0.357. The normalized spacial score (nSPS) is 10.6. The first-order valence-corrected chi connectivity index (χ1v) is 6.18. The van der Waals surface area contributed by atoms with Gasteiger partial charge in [0.05, 0.1) is 5.69 Å². The SMILES string of the molecule is CCCc1nc(Cc2cccnc2)c(C)c(=O)[nH]1. The lowest BCUT2D eigenvalue weighted by molar-refractivity contribution is 0.799. The molecule has 0 unspecified atom stereocenters. The fourth-order valence-corrected chi connectivity index (χ4v) is 1.85. The lowest BCUT2D eigenvalue weighted by Gasteiger charge is -2.07. The van der Waals surface area contributed by atoms with Gasteiger partial charge >= 0.3 is 0 Å². The van der Waals surface area contributed by atoms with Gasteiger partial charge in [-0.15, -0.1) is 0 Å². The molecule has 94 valence electrons. The molecule has 0 saturated heterocycles. The van der Waals surface area contributed by atoms with Crippen molar-refractivity contribution < 1.29 is 0 Å². The molecule has 0 aromatic carbocycles. The Bertz CT molecular complexity index is 575. The van der Waals surface area contributed by atoms with Crippen molar-refractivity contribution in [2.24, 2.45) is 0 Å². The van der Waals surface area contributed by atoms with Crippen molar-refractivity contribution in [1.29, 1.82) is 0 Å². The minimum absolute atomic E-state index is 0.0349. The molecule has 0 aliphatic rings. The summed E-state index contributed by atoms with van der Waals surface area (Å²) in [6.45, 7) is 3.88. The molecule has 18 heavy (non-hydrogen) atoms. The van der Waals surface area contributed by atoms with Crippen LogP contribution in [0.2, 0.25) is 0 Å². The Labute approximate surface area is 106 Å². The molecule has 0 saturated carbocycles. The zero-order valence-corrected chi connectivity index (χ0v) is 10.7. The Kier molecular flexibility index (Phi) is 3.87. The van der Waals surface area contributed by atoms with E-state index in [0.717, 1.165) is 29.9 Å². The molecular formula is C14H17N3O. The number of hydrogen-bond acceptors (Lipinski definition) is 3. The van der Waals surface area contributed by atoms with Crippen molar-refractivity contribution in [2.75, 3.05) is 0 Å². The summed E-state index contributed by atoms with van der Waals surface area (Å²) in [7, 11) is 0. The van der Waals surface area contributed by atoms with E-state index in [0.29, 0.717) is 12.0 Å². The van der Waals surface area contributed by atoms with Crippen LogP contribution in [-0.2, 0) is 12.8 Å². The first-order valence-electron chi connectivity index (χ1n) is 6.18. The third-order valence-electron chi connectivity index (χ3n) is 2.88. The summed E-state index contributed by atoms with van der Waals surface area (Å²) < 4.78 is 0. The second-order valence-electron chi connectivity index (χ2n) is 4.37. The van der Waals surface area contributed by atoms with Crippen LogP contribution in [0.25, 0.3) is 0 Å². The molecule has 2 aromatic heterocycles. The number of aryl methyl sites for hydroxylation is 1. The first-order chi connectivity index (χ1) is 8.70. The van der Waals surface area contributed by atoms with Crippen molar-refractivity contribution in [2.45, 2.75) is 33.1 Å². The standard InChI is InChI=1S/C14H17N3O/c1-3-5-13-16-12(10(2)14(18)17-13)8-11-6-4-7-15-9-11/h4,6-7,9H,3,5,8H2,1-2H3,(H,16,17,18). The fourth-order valence-electron chi connectivity index (χ4n) is 1.85. The average Bonchev–Trinajstić information content (AvgIpc) is 2.37. The summed E-state index contributed by atoms with van der Waals surface area (Å²) in [6.07, 6.45) is 5.97. The highest BCUT2D eigenvalue weighted by Gasteiger charge is 2.08. The van der Waals surface area contributed by atoms with Crippen LogP contribution in [-0.4, -0.2) is 15.0 Å². The van der Waals surface area contributed by atoms with E-state index in [1.165, 1.54) is 0 Å². The summed E-state index contributed by atoms with van der Waals surface area (Å²) in [5, 5.41) is 0. The van der Waals surface area contributed by atoms with E-state index in [2.05, 4.69) is 21.9 Å². The van der Waals surface area contributed by atoms with Crippen molar-refractivity contribution in [3.05, 3.63) is 57.5 Å². The second-order valence-corrected chi connectivity index (χ2v) is 4.37. The minimum atomic E-state index is -0.0349. The Morgan fingerprint density at radius 2 is 2.22 bits per heavy atom. The van der Waals surface area contributed by atoms with Crippen LogP contribution < -0.4 is 5.56 Å². The molecule has 2 aromatic rings. The second kappa shape index (κ2) is 5.58. The van der Waals surface area contributed by atoms with Gasteiger partial charge in [-0.3, -0.25) is 9.78 Å². The van der Waals surface area contributed by atoms with Gasteiger partial charge in [0.1, 0.15) is 5.82 Å². The van der Waals surface area contributed by atoms with Gasteiger partial charge in [-0.1, -0.05) is 13.0 Å². The number of aromatic amines is 1. The number of pyridine rings is 1. The molecule has 0 aliphatic heterocycles. The van der Waals surface area contributed by atoms with Crippen molar-refractivity contribution in [3.8, 4) is 0 Å². The van der Waals surface area contributed by atoms with Gasteiger partial charge in [-0.2, -0.15) is 0 Å². The summed E-state index contributed by atoms with van der Waals surface area (Å²) in [6, 6.07) is 3.89. The lowest BCUT2D eigenvalue weighted by Crippen LogP contribution is -2.18. The van der Waals surface area contributed by atoms with Gasteiger partial charge in [-0.05, 0) is 25.0 Å². The predicted molar refractivity (Wildman–Crippen MR) is 70.6 cm³/mol. The smallest absolute Gasteiger partial charge is 0.254 e. The molecule has 2 heterocycles. The Morgan fingerprint density at radius 3 is 2.89 bits per heavy atom. The Balaban J connectivity index is 2.35. The maximum atomic E-state index is 11.8. The molecule has 0 radical (unpaired) electrons. The van der Waals surface area contributed by atoms with Crippen LogP contribution in [0.4, 0.5) is 0 Å². The van der Waals surface area contributed by atoms with Crippen LogP contribution >= 0.6 is 0 Å². The van der Waals surface area contributed by atoms with Gasteiger partial charge in [-0.25, -0.2) is 4.98 Å². The average molecular weight is 243 g/mol. The van der Waals surface area contributed by atoms with Crippen molar-refractivity contribution >= 4 is 0 Å².